The van der Waals surface area contributed by atoms with E-state index in [9.17, 15) is 16.8 Å². The second-order valence-corrected chi connectivity index (χ2v) is 8.40. The first-order valence-corrected chi connectivity index (χ1v) is 8.79. The second kappa shape index (κ2) is 5.19. The molecule has 0 aliphatic rings. The molecule has 110 valence electrons. The predicted octanol–water partition coefficient (Wildman–Crippen LogP) is -0.676. The van der Waals surface area contributed by atoms with Crippen LogP contribution in [0.3, 0.4) is 0 Å². The maximum atomic E-state index is 11.9. The van der Waals surface area contributed by atoms with Crippen LogP contribution in [0, 0.1) is 6.92 Å². The Morgan fingerprint density at radius 3 is 2.32 bits per heavy atom. The lowest BCUT2D eigenvalue weighted by molar-refractivity contribution is 0.445. The Morgan fingerprint density at radius 2 is 1.89 bits per heavy atom. The highest BCUT2D eigenvalue weighted by Crippen LogP contribution is 2.08. The molecule has 0 aromatic carbocycles. The Balaban J connectivity index is 2.76. The van der Waals surface area contributed by atoms with Crippen molar-refractivity contribution in [3.05, 3.63) is 12.0 Å². The standard InChI is InChI=1S/C9H18N4O4S2/c1-7-10-5-8(12-7)19(16,17)11-6-9(2,3)13-18(4,14)15/h5,11,13H,6H2,1-4H3,(H,10,12). The fourth-order valence-electron chi connectivity index (χ4n) is 1.43. The molecule has 0 bridgehead atoms. The fourth-order valence-corrected chi connectivity index (χ4v) is 3.68. The summed E-state index contributed by atoms with van der Waals surface area (Å²) in [6, 6.07) is 0. The molecule has 0 aliphatic carbocycles. The van der Waals surface area contributed by atoms with Crippen LogP contribution in [-0.4, -0.2) is 45.1 Å². The van der Waals surface area contributed by atoms with E-state index in [0.717, 1.165) is 6.26 Å². The number of H-pyrrole nitrogens is 1. The zero-order valence-corrected chi connectivity index (χ0v) is 12.8. The topological polar surface area (TPSA) is 121 Å². The number of sulfonamides is 2. The molecule has 3 N–H and O–H groups in total. The maximum absolute atomic E-state index is 11.9. The number of rotatable bonds is 6. The zero-order chi connectivity index (χ0) is 14.9. The van der Waals surface area contributed by atoms with Crippen LogP contribution in [0.15, 0.2) is 11.2 Å². The Kier molecular flexibility index (Phi) is 4.40. The molecular weight excluding hydrogens is 292 g/mol. The molecule has 1 heterocycles. The van der Waals surface area contributed by atoms with Crippen molar-refractivity contribution in [3.63, 3.8) is 0 Å². The lowest BCUT2D eigenvalue weighted by atomic mass is 10.1. The summed E-state index contributed by atoms with van der Waals surface area (Å²) in [4.78, 5) is 6.40. The minimum Gasteiger partial charge on any atom is -0.332 e. The van der Waals surface area contributed by atoms with Gasteiger partial charge in [0.25, 0.3) is 10.0 Å². The molecule has 1 aromatic rings. The predicted molar refractivity (Wildman–Crippen MR) is 70.6 cm³/mol. The SMILES string of the molecule is Cc1ncc(S(=O)(=O)NCC(C)(C)NS(C)(=O)=O)[nH]1. The van der Waals surface area contributed by atoms with E-state index in [4.69, 9.17) is 0 Å². The van der Waals surface area contributed by atoms with Gasteiger partial charge in [-0.25, -0.2) is 31.3 Å². The van der Waals surface area contributed by atoms with Crippen molar-refractivity contribution >= 4 is 20.0 Å². The van der Waals surface area contributed by atoms with Crippen LogP contribution in [0.1, 0.15) is 19.7 Å². The molecular formula is C9H18N4O4S2. The van der Waals surface area contributed by atoms with E-state index < -0.39 is 25.6 Å². The van der Waals surface area contributed by atoms with Crippen LogP contribution in [0.2, 0.25) is 0 Å². The lowest BCUT2D eigenvalue weighted by Gasteiger charge is -2.24. The van der Waals surface area contributed by atoms with E-state index >= 15 is 0 Å². The minimum atomic E-state index is -3.73. The van der Waals surface area contributed by atoms with E-state index in [0.29, 0.717) is 5.82 Å². The monoisotopic (exact) mass is 310 g/mol. The third-order valence-electron chi connectivity index (χ3n) is 2.13. The number of nitrogens with one attached hydrogen (secondary N) is 3. The molecule has 0 aliphatic heterocycles. The van der Waals surface area contributed by atoms with E-state index in [2.05, 4.69) is 19.4 Å². The van der Waals surface area contributed by atoms with Gasteiger partial charge >= 0.3 is 0 Å². The van der Waals surface area contributed by atoms with Crippen LogP contribution in [0.25, 0.3) is 0 Å². The van der Waals surface area contributed by atoms with E-state index in [1.807, 2.05) is 0 Å². The van der Waals surface area contributed by atoms with Gasteiger partial charge in [0, 0.05) is 12.1 Å². The van der Waals surface area contributed by atoms with Gasteiger partial charge in [0.1, 0.15) is 5.82 Å². The van der Waals surface area contributed by atoms with Gasteiger partial charge in [0.15, 0.2) is 5.03 Å². The first kappa shape index (κ1) is 16.1. The molecule has 0 saturated carbocycles. The molecule has 1 rings (SSSR count). The van der Waals surface area contributed by atoms with Crippen molar-refractivity contribution in [1.82, 2.24) is 19.4 Å². The highest BCUT2D eigenvalue weighted by atomic mass is 32.2. The van der Waals surface area contributed by atoms with Gasteiger partial charge in [0.05, 0.1) is 12.5 Å². The van der Waals surface area contributed by atoms with Gasteiger partial charge in [-0.05, 0) is 20.8 Å². The Bertz CT molecular complexity index is 646. The fraction of sp³-hybridized carbons (Fsp3) is 0.667. The van der Waals surface area contributed by atoms with Gasteiger partial charge < -0.3 is 4.98 Å². The number of hydrogen-bond acceptors (Lipinski definition) is 5. The number of hydrogen-bond donors (Lipinski definition) is 3. The molecule has 8 nitrogen and oxygen atoms in total. The van der Waals surface area contributed by atoms with Crippen molar-refractivity contribution in [3.8, 4) is 0 Å². The van der Waals surface area contributed by atoms with E-state index in [1.54, 1.807) is 20.8 Å². The van der Waals surface area contributed by atoms with Crippen molar-refractivity contribution < 1.29 is 16.8 Å². The van der Waals surface area contributed by atoms with Gasteiger partial charge in [-0.2, -0.15) is 0 Å². The third-order valence-corrected chi connectivity index (χ3v) is 4.37. The Hall–Kier alpha value is -0.970. The highest BCUT2D eigenvalue weighted by Gasteiger charge is 2.25. The highest BCUT2D eigenvalue weighted by molar-refractivity contribution is 7.89. The number of imidazole rings is 1. The lowest BCUT2D eigenvalue weighted by Crippen LogP contribution is -2.50. The van der Waals surface area contributed by atoms with Gasteiger partial charge in [-0.1, -0.05) is 0 Å². The second-order valence-electron chi connectivity index (χ2n) is 4.92. The summed E-state index contributed by atoms with van der Waals surface area (Å²) in [6.07, 6.45) is 2.22. The molecule has 10 heteroatoms. The summed E-state index contributed by atoms with van der Waals surface area (Å²) < 4.78 is 50.7. The summed E-state index contributed by atoms with van der Waals surface area (Å²) in [5, 5.41) is -0.0554. The van der Waals surface area contributed by atoms with Crippen LogP contribution in [0.4, 0.5) is 0 Å². The van der Waals surface area contributed by atoms with Crippen molar-refractivity contribution in [2.24, 2.45) is 0 Å². The number of aromatic nitrogens is 2. The van der Waals surface area contributed by atoms with Crippen LogP contribution in [-0.2, 0) is 20.0 Å². The van der Waals surface area contributed by atoms with Gasteiger partial charge in [0.2, 0.25) is 10.0 Å². The molecule has 0 unspecified atom stereocenters. The van der Waals surface area contributed by atoms with E-state index in [-0.39, 0.29) is 11.6 Å². The summed E-state index contributed by atoms with van der Waals surface area (Å²) >= 11 is 0. The average molecular weight is 310 g/mol. The number of aryl methyl sites for hydroxylation is 1. The first-order valence-electron chi connectivity index (χ1n) is 5.41. The summed E-state index contributed by atoms with van der Waals surface area (Å²) in [6.45, 7) is 4.71. The summed E-state index contributed by atoms with van der Waals surface area (Å²) in [5.74, 6) is 0.480. The van der Waals surface area contributed by atoms with Crippen molar-refractivity contribution in [2.75, 3.05) is 12.8 Å². The third kappa shape index (κ3) is 5.27. The van der Waals surface area contributed by atoms with Crippen molar-refractivity contribution in [2.45, 2.75) is 31.3 Å². The Labute approximate surface area is 113 Å². The number of nitrogens with zero attached hydrogens (tertiary/aromatic N) is 1. The largest absolute Gasteiger partial charge is 0.332 e. The maximum Gasteiger partial charge on any atom is 0.257 e. The average Bonchev–Trinajstić information content (AvgIpc) is 2.59. The zero-order valence-electron chi connectivity index (χ0n) is 11.2. The molecule has 19 heavy (non-hydrogen) atoms. The van der Waals surface area contributed by atoms with E-state index in [1.165, 1.54) is 6.20 Å². The molecule has 0 radical (unpaired) electrons. The quantitative estimate of drug-likeness (QED) is 0.643. The Morgan fingerprint density at radius 1 is 1.32 bits per heavy atom. The molecule has 0 atom stereocenters. The minimum absolute atomic E-state index is 0.0554. The van der Waals surface area contributed by atoms with Gasteiger partial charge in [-0.3, -0.25) is 0 Å². The van der Waals surface area contributed by atoms with Crippen LogP contribution >= 0.6 is 0 Å². The van der Waals surface area contributed by atoms with Crippen molar-refractivity contribution in [1.29, 1.82) is 0 Å². The molecule has 0 amide bonds. The molecule has 0 spiro atoms. The van der Waals surface area contributed by atoms with Crippen LogP contribution in [0.5, 0.6) is 0 Å². The molecule has 0 saturated heterocycles. The normalized spacial score (nSPS) is 13.7. The van der Waals surface area contributed by atoms with Gasteiger partial charge in [-0.15, -0.1) is 0 Å². The first-order chi connectivity index (χ1) is 8.41. The van der Waals surface area contributed by atoms with Crippen LogP contribution < -0.4 is 9.44 Å². The molecule has 1 aromatic heterocycles. The molecule has 0 fully saturated rings. The smallest absolute Gasteiger partial charge is 0.257 e. The summed E-state index contributed by atoms with van der Waals surface area (Å²) in [5.41, 5.74) is -0.935. The number of aromatic amines is 1. The summed E-state index contributed by atoms with van der Waals surface area (Å²) in [7, 11) is -7.15.